The van der Waals surface area contributed by atoms with Crippen LogP contribution in [0.5, 0.6) is 0 Å². The van der Waals surface area contributed by atoms with Gasteiger partial charge in [0, 0.05) is 30.3 Å². The van der Waals surface area contributed by atoms with Crippen LogP contribution >= 0.6 is 0 Å². The van der Waals surface area contributed by atoms with Gasteiger partial charge in [-0.25, -0.2) is 8.42 Å². The van der Waals surface area contributed by atoms with Crippen LogP contribution in [0.25, 0.3) is 0 Å². The highest BCUT2D eigenvalue weighted by molar-refractivity contribution is 7.92. The third-order valence-corrected chi connectivity index (χ3v) is 5.31. The standard InChI is InChI=1S/C19H19N3O2S/c1-15-4-2-3-5-19(15)25(23,24)22-18-8-6-17(7-9-18)21-14-16-10-12-20-13-11-16/h2-13,21-22H,14H2,1H3. The number of rotatable bonds is 6. The number of nitrogens with zero attached hydrogens (tertiary/aromatic N) is 1. The van der Waals surface area contributed by atoms with Crippen LogP contribution in [0.15, 0.2) is 78.0 Å². The summed E-state index contributed by atoms with van der Waals surface area (Å²) in [5, 5.41) is 3.29. The van der Waals surface area contributed by atoms with Gasteiger partial charge in [0.15, 0.2) is 0 Å². The van der Waals surface area contributed by atoms with E-state index in [4.69, 9.17) is 0 Å². The Morgan fingerprint density at radius 2 is 1.52 bits per heavy atom. The fraction of sp³-hybridized carbons (Fsp3) is 0.105. The van der Waals surface area contributed by atoms with Crippen molar-refractivity contribution >= 4 is 21.4 Å². The van der Waals surface area contributed by atoms with Crippen molar-refractivity contribution in [3.05, 3.63) is 84.2 Å². The number of sulfonamides is 1. The van der Waals surface area contributed by atoms with E-state index in [9.17, 15) is 8.42 Å². The van der Waals surface area contributed by atoms with Crippen molar-refractivity contribution in [2.75, 3.05) is 10.0 Å². The molecule has 0 radical (unpaired) electrons. The summed E-state index contributed by atoms with van der Waals surface area (Å²) in [5.74, 6) is 0. The van der Waals surface area contributed by atoms with Crippen LogP contribution in [0.4, 0.5) is 11.4 Å². The molecule has 0 unspecified atom stereocenters. The molecule has 25 heavy (non-hydrogen) atoms. The van der Waals surface area contributed by atoms with Crippen molar-refractivity contribution in [3.8, 4) is 0 Å². The normalized spacial score (nSPS) is 11.1. The minimum absolute atomic E-state index is 0.287. The molecule has 3 rings (SSSR count). The molecule has 0 amide bonds. The highest BCUT2D eigenvalue weighted by atomic mass is 32.2. The molecule has 0 atom stereocenters. The third-order valence-electron chi connectivity index (χ3n) is 3.77. The van der Waals surface area contributed by atoms with Crippen molar-refractivity contribution in [2.24, 2.45) is 0 Å². The number of anilines is 2. The number of hydrogen-bond acceptors (Lipinski definition) is 4. The fourth-order valence-electron chi connectivity index (χ4n) is 2.43. The van der Waals surface area contributed by atoms with Crippen molar-refractivity contribution in [2.45, 2.75) is 18.4 Å². The minimum atomic E-state index is -3.59. The van der Waals surface area contributed by atoms with Crippen LogP contribution in [-0.4, -0.2) is 13.4 Å². The molecule has 1 aromatic heterocycles. The first-order chi connectivity index (χ1) is 12.0. The zero-order valence-corrected chi connectivity index (χ0v) is 14.6. The van der Waals surface area contributed by atoms with E-state index >= 15 is 0 Å². The lowest BCUT2D eigenvalue weighted by molar-refractivity contribution is 0.600. The predicted octanol–water partition coefficient (Wildman–Crippen LogP) is 3.80. The lowest BCUT2D eigenvalue weighted by atomic mass is 10.2. The molecule has 2 N–H and O–H groups in total. The molecule has 3 aromatic rings. The van der Waals surface area contributed by atoms with Crippen LogP contribution in [-0.2, 0) is 16.6 Å². The zero-order valence-electron chi connectivity index (χ0n) is 13.8. The summed E-state index contributed by atoms with van der Waals surface area (Å²) in [6.45, 7) is 2.46. The van der Waals surface area contributed by atoms with Gasteiger partial charge in [-0.3, -0.25) is 9.71 Å². The number of aryl methyl sites for hydroxylation is 1. The van der Waals surface area contributed by atoms with Crippen LogP contribution in [0.1, 0.15) is 11.1 Å². The molecule has 6 heteroatoms. The molecule has 0 aliphatic heterocycles. The number of aromatic nitrogens is 1. The first kappa shape index (κ1) is 17.0. The van der Waals surface area contributed by atoms with E-state index in [2.05, 4.69) is 15.0 Å². The van der Waals surface area contributed by atoms with Crippen LogP contribution in [0, 0.1) is 6.92 Å². The molecule has 0 saturated heterocycles. The Balaban J connectivity index is 1.67. The second-order valence-corrected chi connectivity index (χ2v) is 7.31. The molecule has 128 valence electrons. The Bertz CT molecular complexity index is 940. The summed E-state index contributed by atoms with van der Waals surface area (Å²) in [7, 11) is -3.59. The molecule has 0 saturated carbocycles. The molecular formula is C19H19N3O2S. The molecule has 0 fully saturated rings. The van der Waals surface area contributed by atoms with E-state index in [1.165, 1.54) is 0 Å². The summed E-state index contributed by atoms with van der Waals surface area (Å²) in [6, 6.07) is 18.0. The molecule has 0 aliphatic carbocycles. The summed E-state index contributed by atoms with van der Waals surface area (Å²) >= 11 is 0. The van der Waals surface area contributed by atoms with Crippen LogP contribution < -0.4 is 10.0 Å². The van der Waals surface area contributed by atoms with Gasteiger partial charge in [-0.15, -0.1) is 0 Å². The average molecular weight is 353 g/mol. The Morgan fingerprint density at radius 3 is 2.20 bits per heavy atom. The quantitative estimate of drug-likeness (QED) is 0.707. The van der Waals surface area contributed by atoms with Gasteiger partial charge in [0.2, 0.25) is 0 Å². The van der Waals surface area contributed by atoms with Gasteiger partial charge < -0.3 is 5.32 Å². The lowest BCUT2D eigenvalue weighted by Crippen LogP contribution is -2.14. The summed E-state index contributed by atoms with van der Waals surface area (Å²) in [5.41, 5.74) is 3.28. The van der Waals surface area contributed by atoms with Gasteiger partial charge >= 0.3 is 0 Å². The smallest absolute Gasteiger partial charge is 0.262 e. The molecule has 0 aliphatic rings. The average Bonchev–Trinajstić information content (AvgIpc) is 2.62. The van der Waals surface area contributed by atoms with Crippen molar-refractivity contribution < 1.29 is 8.42 Å². The fourth-order valence-corrected chi connectivity index (χ4v) is 3.73. The van der Waals surface area contributed by atoms with Crippen LogP contribution in [0.2, 0.25) is 0 Å². The molecule has 0 bridgehead atoms. The minimum Gasteiger partial charge on any atom is -0.381 e. The van der Waals surface area contributed by atoms with Crippen molar-refractivity contribution in [1.29, 1.82) is 0 Å². The van der Waals surface area contributed by atoms with E-state index in [1.807, 2.05) is 30.3 Å². The summed E-state index contributed by atoms with van der Waals surface area (Å²) < 4.78 is 27.6. The molecule has 5 nitrogen and oxygen atoms in total. The molecular weight excluding hydrogens is 334 g/mol. The Morgan fingerprint density at radius 1 is 0.880 bits per heavy atom. The van der Waals surface area contributed by atoms with E-state index in [0.717, 1.165) is 11.3 Å². The highest BCUT2D eigenvalue weighted by Crippen LogP contribution is 2.20. The molecule has 1 heterocycles. The predicted molar refractivity (Wildman–Crippen MR) is 100.0 cm³/mol. The van der Waals surface area contributed by atoms with Crippen LogP contribution in [0.3, 0.4) is 0 Å². The van der Waals surface area contributed by atoms with Gasteiger partial charge in [0.1, 0.15) is 0 Å². The van der Waals surface area contributed by atoms with E-state index < -0.39 is 10.0 Å². The summed E-state index contributed by atoms with van der Waals surface area (Å²) in [6.07, 6.45) is 3.50. The van der Waals surface area contributed by atoms with Crippen molar-refractivity contribution in [1.82, 2.24) is 4.98 Å². The summed E-state index contributed by atoms with van der Waals surface area (Å²) in [4.78, 5) is 4.27. The van der Waals surface area contributed by atoms with E-state index in [1.54, 1.807) is 49.6 Å². The second-order valence-electron chi connectivity index (χ2n) is 5.66. The first-order valence-electron chi connectivity index (χ1n) is 7.86. The second kappa shape index (κ2) is 7.36. The van der Waals surface area contributed by atoms with Gasteiger partial charge in [-0.1, -0.05) is 18.2 Å². The highest BCUT2D eigenvalue weighted by Gasteiger charge is 2.16. The molecule has 0 spiro atoms. The maximum Gasteiger partial charge on any atom is 0.262 e. The first-order valence-corrected chi connectivity index (χ1v) is 9.34. The van der Waals surface area contributed by atoms with Gasteiger partial charge in [-0.2, -0.15) is 0 Å². The topological polar surface area (TPSA) is 71.1 Å². The number of benzene rings is 2. The maximum atomic E-state index is 12.5. The van der Waals surface area contributed by atoms with E-state index in [0.29, 0.717) is 17.8 Å². The Kier molecular flexibility index (Phi) is 5.00. The Hall–Kier alpha value is -2.86. The monoisotopic (exact) mass is 353 g/mol. The lowest BCUT2D eigenvalue weighted by Gasteiger charge is -2.11. The Labute approximate surface area is 147 Å². The van der Waals surface area contributed by atoms with Gasteiger partial charge in [0.25, 0.3) is 10.0 Å². The number of pyridine rings is 1. The van der Waals surface area contributed by atoms with Crippen molar-refractivity contribution in [3.63, 3.8) is 0 Å². The zero-order chi connectivity index (χ0) is 17.7. The third kappa shape index (κ3) is 4.36. The van der Waals surface area contributed by atoms with E-state index in [-0.39, 0.29) is 4.90 Å². The largest absolute Gasteiger partial charge is 0.381 e. The molecule has 2 aromatic carbocycles. The van der Waals surface area contributed by atoms with Gasteiger partial charge in [-0.05, 0) is 60.5 Å². The maximum absolute atomic E-state index is 12.5. The van der Waals surface area contributed by atoms with Gasteiger partial charge in [0.05, 0.1) is 4.90 Å². The number of hydrogen-bond donors (Lipinski definition) is 2. The number of nitrogens with one attached hydrogen (secondary N) is 2. The SMILES string of the molecule is Cc1ccccc1S(=O)(=O)Nc1ccc(NCc2ccncc2)cc1.